The Bertz CT molecular complexity index is 558. The van der Waals surface area contributed by atoms with E-state index >= 15 is 0 Å². The van der Waals surface area contributed by atoms with Crippen molar-refractivity contribution < 1.29 is 19.1 Å². The van der Waals surface area contributed by atoms with Crippen LogP contribution in [0.3, 0.4) is 0 Å². The van der Waals surface area contributed by atoms with E-state index in [-0.39, 0.29) is 24.5 Å². The number of furan rings is 1. The van der Waals surface area contributed by atoms with Gasteiger partial charge in [0.15, 0.2) is 5.76 Å². The first kappa shape index (κ1) is 15.1. The van der Waals surface area contributed by atoms with E-state index in [4.69, 9.17) is 9.52 Å². The van der Waals surface area contributed by atoms with Gasteiger partial charge in [-0.05, 0) is 50.7 Å². The molecule has 0 saturated heterocycles. The molecule has 0 atom stereocenters. The summed E-state index contributed by atoms with van der Waals surface area (Å²) in [5, 5.41) is 12.0. The largest absolute Gasteiger partial charge is 0.480 e. The third-order valence-corrected chi connectivity index (χ3v) is 4.46. The highest BCUT2D eigenvalue weighted by Crippen LogP contribution is 2.33. The van der Waals surface area contributed by atoms with Crippen molar-refractivity contribution in [3.63, 3.8) is 0 Å². The SMILES string of the molecule is Cc1ccc(C(=O)NC2CC(N(CC(=O)O)CC3CC3)C2)o1. The number of carboxylic acids is 1. The average Bonchev–Trinajstić information content (AvgIpc) is 3.10. The van der Waals surface area contributed by atoms with Gasteiger partial charge < -0.3 is 14.8 Å². The van der Waals surface area contributed by atoms with Crippen LogP contribution in [0.25, 0.3) is 0 Å². The molecule has 2 aliphatic rings. The van der Waals surface area contributed by atoms with Crippen molar-refractivity contribution in [1.82, 2.24) is 10.2 Å². The van der Waals surface area contributed by atoms with Crippen molar-refractivity contribution in [1.29, 1.82) is 0 Å². The number of hydrogen-bond donors (Lipinski definition) is 2. The summed E-state index contributed by atoms with van der Waals surface area (Å²) in [6.07, 6.45) is 4.04. The molecule has 1 heterocycles. The fourth-order valence-corrected chi connectivity index (χ4v) is 2.97. The molecular formula is C16H22N2O4. The molecule has 6 heteroatoms. The first-order chi connectivity index (χ1) is 10.5. The maximum absolute atomic E-state index is 12.0. The zero-order valence-electron chi connectivity index (χ0n) is 12.7. The number of nitrogens with one attached hydrogen (secondary N) is 1. The minimum absolute atomic E-state index is 0.0964. The molecule has 2 fully saturated rings. The molecule has 0 bridgehead atoms. The molecular weight excluding hydrogens is 284 g/mol. The van der Waals surface area contributed by atoms with Gasteiger partial charge in [-0.1, -0.05) is 0 Å². The maximum atomic E-state index is 12.0. The highest BCUT2D eigenvalue weighted by atomic mass is 16.4. The molecule has 0 spiro atoms. The quantitative estimate of drug-likeness (QED) is 0.800. The smallest absolute Gasteiger partial charge is 0.317 e. The van der Waals surface area contributed by atoms with Crippen molar-refractivity contribution in [2.24, 2.45) is 5.92 Å². The summed E-state index contributed by atoms with van der Waals surface area (Å²) in [5.41, 5.74) is 0. The lowest BCUT2D eigenvalue weighted by atomic mass is 9.85. The molecule has 1 amide bonds. The number of carbonyl (C=O) groups is 2. The molecule has 22 heavy (non-hydrogen) atoms. The highest BCUT2D eigenvalue weighted by molar-refractivity contribution is 5.91. The summed E-state index contributed by atoms with van der Waals surface area (Å²) >= 11 is 0. The minimum atomic E-state index is -0.779. The van der Waals surface area contributed by atoms with E-state index in [0.29, 0.717) is 17.4 Å². The van der Waals surface area contributed by atoms with Crippen LogP contribution in [-0.2, 0) is 4.79 Å². The van der Waals surface area contributed by atoms with E-state index < -0.39 is 5.97 Å². The van der Waals surface area contributed by atoms with E-state index in [1.165, 1.54) is 12.8 Å². The van der Waals surface area contributed by atoms with Gasteiger partial charge in [0.2, 0.25) is 0 Å². The lowest BCUT2D eigenvalue weighted by molar-refractivity contribution is -0.139. The predicted molar refractivity (Wildman–Crippen MR) is 79.7 cm³/mol. The molecule has 0 radical (unpaired) electrons. The van der Waals surface area contributed by atoms with Crippen LogP contribution in [-0.4, -0.2) is 47.1 Å². The summed E-state index contributed by atoms with van der Waals surface area (Å²) < 4.78 is 5.30. The van der Waals surface area contributed by atoms with Crippen LogP contribution >= 0.6 is 0 Å². The monoisotopic (exact) mass is 306 g/mol. The molecule has 120 valence electrons. The zero-order valence-corrected chi connectivity index (χ0v) is 12.7. The third kappa shape index (κ3) is 3.68. The molecule has 2 saturated carbocycles. The zero-order chi connectivity index (χ0) is 15.7. The molecule has 2 N–H and O–H groups in total. The molecule has 0 aromatic carbocycles. The fourth-order valence-electron chi connectivity index (χ4n) is 2.97. The number of rotatable bonds is 7. The number of aryl methyl sites for hydroxylation is 1. The second-order valence-electron chi connectivity index (χ2n) is 6.47. The van der Waals surface area contributed by atoms with Crippen LogP contribution in [0.1, 0.15) is 42.0 Å². The van der Waals surface area contributed by atoms with Gasteiger partial charge in [-0.15, -0.1) is 0 Å². The second kappa shape index (κ2) is 6.12. The summed E-state index contributed by atoms with van der Waals surface area (Å²) in [6, 6.07) is 3.81. The molecule has 1 aromatic heterocycles. The number of carboxylic acid groups (broad SMARTS) is 1. The topological polar surface area (TPSA) is 82.8 Å². The standard InChI is InChI=1S/C16H22N2O4/c1-10-2-5-14(22-10)16(21)17-12-6-13(7-12)18(9-15(19)20)8-11-3-4-11/h2,5,11-13H,3-4,6-9H2,1H3,(H,17,21)(H,19,20). The Labute approximate surface area is 129 Å². The molecule has 2 aliphatic carbocycles. The van der Waals surface area contributed by atoms with Gasteiger partial charge in [0.05, 0.1) is 6.54 Å². The number of hydrogen-bond acceptors (Lipinski definition) is 4. The van der Waals surface area contributed by atoms with Crippen molar-refractivity contribution in [3.05, 3.63) is 23.7 Å². The molecule has 0 aliphatic heterocycles. The van der Waals surface area contributed by atoms with Gasteiger partial charge >= 0.3 is 5.97 Å². The highest BCUT2D eigenvalue weighted by Gasteiger charge is 2.38. The van der Waals surface area contributed by atoms with Crippen molar-refractivity contribution >= 4 is 11.9 Å². The summed E-state index contributed by atoms with van der Waals surface area (Å²) in [6.45, 7) is 2.77. The van der Waals surface area contributed by atoms with E-state index in [1.54, 1.807) is 19.1 Å². The van der Waals surface area contributed by atoms with Crippen molar-refractivity contribution in [3.8, 4) is 0 Å². The Morgan fingerprint density at radius 3 is 2.64 bits per heavy atom. The Morgan fingerprint density at radius 2 is 2.09 bits per heavy atom. The second-order valence-corrected chi connectivity index (χ2v) is 6.47. The van der Waals surface area contributed by atoms with E-state index in [2.05, 4.69) is 10.2 Å². The van der Waals surface area contributed by atoms with Crippen LogP contribution < -0.4 is 5.32 Å². The van der Waals surface area contributed by atoms with Gasteiger partial charge in [-0.25, -0.2) is 0 Å². The first-order valence-electron chi connectivity index (χ1n) is 7.84. The maximum Gasteiger partial charge on any atom is 0.317 e. The van der Waals surface area contributed by atoms with Gasteiger partial charge in [-0.2, -0.15) is 0 Å². The Kier molecular flexibility index (Phi) is 4.20. The lowest BCUT2D eigenvalue weighted by Crippen LogP contribution is -2.55. The Morgan fingerprint density at radius 1 is 1.36 bits per heavy atom. The number of amides is 1. The van der Waals surface area contributed by atoms with E-state index in [1.807, 2.05) is 0 Å². The van der Waals surface area contributed by atoms with Gasteiger partial charge in [0.25, 0.3) is 5.91 Å². The lowest BCUT2D eigenvalue weighted by Gasteiger charge is -2.42. The molecule has 3 rings (SSSR count). The van der Waals surface area contributed by atoms with Crippen molar-refractivity contribution in [2.75, 3.05) is 13.1 Å². The first-order valence-corrected chi connectivity index (χ1v) is 7.84. The van der Waals surface area contributed by atoms with Gasteiger partial charge in [0.1, 0.15) is 5.76 Å². The molecule has 1 aromatic rings. The summed E-state index contributed by atoms with van der Waals surface area (Å²) in [4.78, 5) is 25.0. The van der Waals surface area contributed by atoms with Crippen LogP contribution in [0.5, 0.6) is 0 Å². The van der Waals surface area contributed by atoms with Crippen LogP contribution in [0, 0.1) is 12.8 Å². The van der Waals surface area contributed by atoms with Gasteiger partial charge in [-0.3, -0.25) is 14.5 Å². The predicted octanol–water partition coefficient (Wildman–Crippen LogP) is 1.65. The Hall–Kier alpha value is -1.82. The van der Waals surface area contributed by atoms with Gasteiger partial charge in [0, 0.05) is 18.6 Å². The number of nitrogens with zero attached hydrogens (tertiary/aromatic N) is 1. The average molecular weight is 306 g/mol. The van der Waals surface area contributed by atoms with E-state index in [0.717, 1.165) is 19.4 Å². The third-order valence-electron chi connectivity index (χ3n) is 4.46. The molecule has 6 nitrogen and oxygen atoms in total. The number of aliphatic carboxylic acids is 1. The van der Waals surface area contributed by atoms with Crippen LogP contribution in [0.15, 0.2) is 16.5 Å². The normalized spacial score (nSPS) is 24.1. The fraction of sp³-hybridized carbons (Fsp3) is 0.625. The van der Waals surface area contributed by atoms with Crippen LogP contribution in [0.2, 0.25) is 0 Å². The summed E-state index contributed by atoms with van der Waals surface area (Å²) in [5.74, 6) is 0.747. The molecule has 0 unspecified atom stereocenters. The summed E-state index contributed by atoms with van der Waals surface area (Å²) in [7, 11) is 0. The van der Waals surface area contributed by atoms with E-state index in [9.17, 15) is 9.59 Å². The van der Waals surface area contributed by atoms with Crippen molar-refractivity contribution in [2.45, 2.75) is 44.7 Å². The number of carbonyl (C=O) groups excluding carboxylic acids is 1. The van der Waals surface area contributed by atoms with Crippen LogP contribution in [0.4, 0.5) is 0 Å². The minimum Gasteiger partial charge on any atom is -0.480 e. The Balaban J connectivity index is 1.47.